The van der Waals surface area contributed by atoms with Crippen LogP contribution in [0.15, 0.2) is 16.7 Å². The topological polar surface area (TPSA) is 51.2 Å². The molecular formula is C13H17BrN2O2. The van der Waals surface area contributed by atoms with E-state index in [1.807, 2.05) is 13.0 Å². The van der Waals surface area contributed by atoms with Crippen LogP contribution < -0.4 is 5.32 Å². The third kappa shape index (κ3) is 2.57. The molecule has 5 heteroatoms. The fourth-order valence-corrected chi connectivity index (χ4v) is 2.75. The van der Waals surface area contributed by atoms with Crippen LogP contribution in [0.5, 0.6) is 0 Å². The number of aromatic nitrogens is 1. The van der Waals surface area contributed by atoms with E-state index in [9.17, 15) is 4.79 Å². The molecule has 0 unspecified atom stereocenters. The van der Waals surface area contributed by atoms with Crippen molar-refractivity contribution in [3.05, 3.63) is 22.3 Å². The van der Waals surface area contributed by atoms with E-state index in [2.05, 4.69) is 26.2 Å². The molecule has 1 fully saturated rings. The van der Waals surface area contributed by atoms with Crippen LogP contribution in [0, 0.1) is 12.3 Å². The molecule has 0 bridgehead atoms. The molecule has 1 aliphatic rings. The van der Waals surface area contributed by atoms with Gasteiger partial charge < -0.3 is 10.1 Å². The zero-order valence-electron chi connectivity index (χ0n) is 10.6. The van der Waals surface area contributed by atoms with Crippen LogP contribution in [0.4, 0.5) is 5.82 Å². The number of anilines is 1. The number of hydrogen-bond acceptors (Lipinski definition) is 3. The van der Waals surface area contributed by atoms with Gasteiger partial charge in [0.1, 0.15) is 5.82 Å². The van der Waals surface area contributed by atoms with Gasteiger partial charge in [0.15, 0.2) is 0 Å². The van der Waals surface area contributed by atoms with Crippen molar-refractivity contribution in [3.63, 3.8) is 0 Å². The molecule has 4 nitrogen and oxygen atoms in total. The lowest BCUT2D eigenvalue weighted by atomic mass is 9.68. The fraction of sp³-hybridized carbons (Fsp3) is 0.538. The second-order valence-electron chi connectivity index (χ2n) is 4.86. The molecule has 1 aromatic rings. The van der Waals surface area contributed by atoms with Crippen molar-refractivity contribution < 1.29 is 9.53 Å². The maximum absolute atomic E-state index is 12.3. The number of carbonyl (C=O) groups excluding carboxylic acids is 1. The molecule has 0 atom stereocenters. The van der Waals surface area contributed by atoms with Crippen LogP contribution in [0.25, 0.3) is 0 Å². The average molecular weight is 313 g/mol. The van der Waals surface area contributed by atoms with Crippen molar-refractivity contribution in [2.45, 2.75) is 26.2 Å². The van der Waals surface area contributed by atoms with E-state index in [1.165, 1.54) is 0 Å². The van der Waals surface area contributed by atoms with Crippen LogP contribution >= 0.6 is 15.9 Å². The molecule has 0 aliphatic heterocycles. The Hall–Kier alpha value is -0.940. The number of carbonyl (C=O) groups is 1. The van der Waals surface area contributed by atoms with Crippen molar-refractivity contribution in [1.82, 2.24) is 4.98 Å². The van der Waals surface area contributed by atoms with Gasteiger partial charge in [-0.3, -0.25) is 4.79 Å². The van der Waals surface area contributed by atoms with Gasteiger partial charge in [-0.15, -0.1) is 0 Å². The number of amides is 1. The molecule has 0 spiro atoms. The number of nitrogens with one attached hydrogen (secondary N) is 1. The van der Waals surface area contributed by atoms with E-state index in [1.54, 1.807) is 13.3 Å². The standard InChI is InChI=1S/C13H17BrN2O2/c1-9-6-10(14)11(15-7-9)16-12(17)13(8-18-2)4-3-5-13/h6-7H,3-5,8H2,1-2H3,(H,15,16,17). The van der Waals surface area contributed by atoms with Gasteiger partial charge in [-0.25, -0.2) is 4.98 Å². The van der Waals surface area contributed by atoms with Crippen molar-refractivity contribution >= 4 is 27.7 Å². The fourth-order valence-electron chi connectivity index (χ4n) is 2.18. The first-order chi connectivity index (χ1) is 8.57. The maximum atomic E-state index is 12.3. The Morgan fingerprint density at radius 3 is 2.83 bits per heavy atom. The lowest BCUT2D eigenvalue weighted by Crippen LogP contribution is -2.45. The van der Waals surface area contributed by atoms with E-state index in [4.69, 9.17) is 4.74 Å². The highest BCUT2D eigenvalue weighted by molar-refractivity contribution is 9.10. The minimum Gasteiger partial charge on any atom is -0.384 e. The van der Waals surface area contributed by atoms with E-state index >= 15 is 0 Å². The summed E-state index contributed by atoms with van der Waals surface area (Å²) in [6.45, 7) is 2.43. The Kier molecular flexibility index (Phi) is 4.02. The Morgan fingerprint density at radius 2 is 2.33 bits per heavy atom. The molecule has 1 N–H and O–H groups in total. The van der Waals surface area contributed by atoms with Crippen LogP contribution in [0.2, 0.25) is 0 Å². The Balaban J connectivity index is 2.11. The summed E-state index contributed by atoms with van der Waals surface area (Å²) in [7, 11) is 1.63. The zero-order chi connectivity index (χ0) is 13.2. The normalized spacial score (nSPS) is 17.1. The number of aryl methyl sites for hydroxylation is 1. The van der Waals surface area contributed by atoms with E-state index in [-0.39, 0.29) is 11.3 Å². The molecule has 1 aliphatic carbocycles. The largest absolute Gasteiger partial charge is 0.384 e. The third-order valence-electron chi connectivity index (χ3n) is 3.42. The quantitative estimate of drug-likeness (QED) is 0.930. The predicted octanol–water partition coefficient (Wildman–Crippen LogP) is 2.91. The molecular weight excluding hydrogens is 296 g/mol. The highest BCUT2D eigenvalue weighted by Crippen LogP contribution is 2.42. The van der Waals surface area contributed by atoms with Crippen LogP contribution in [-0.2, 0) is 9.53 Å². The van der Waals surface area contributed by atoms with Crippen molar-refractivity contribution in [2.24, 2.45) is 5.41 Å². The number of hydrogen-bond donors (Lipinski definition) is 1. The van der Waals surface area contributed by atoms with Gasteiger partial charge in [-0.2, -0.15) is 0 Å². The van der Waals surface area contributed by atoms with Gasteiger partial charge in [-0.1, -0.05) is 6.42 Å². The molecule has 2 rings (SSSR count). The third-order valence-corrected chi connectivity index (χ3v) is 4.03. The summed E-state index contributed by atoms with van der Waals surface area (Å²) in [5.74, 6) is 0.584. The Bertz CT molecular complexity index is 458. The maximum Gasteiger partial charge on any atom is 0.234 e. The minimum absolute atomic E-state index is 0.00709. The molecule has 1 amide bonds. The molecule has 1 saturated carbocycles. The predicted molar refractivity (Wildman–Crippen MR) is 73.5 cm³/mol. The van der Waals surface area contributed by atoms with Gasteiger partial charge in [0.25, 0.3) is 0 Å². The van der Waals surface area contributed by atoms with Crippen molar-refractivity contribution in [3.8, 4) is 0 Å². The second kappa shape index (κ2) is 5.36. The van der Waals surface area contributed by atoms with Gasteiger partial charge in [0.2, 0.25) is 5.91 Å². The smallest absolute Gasteiger partial charge is 0.234 e. The molecule has 0 aromatic carbocycles. The number of ether oxygens (including phenoxy) is 1. The molecule has 98 valence electrons. The highest BCUT2D eigenvalue weighted by atomic mass is 79.9. The van der Waals surface area contributed by atoms with Crippen LogP contribution in [0.3, 0.4) is 0 Å². The molecule has 1 heterocycles. The molecule has 18 heavy (non-hydrogen) atoms. The van der Waals surface area contributed by atoms with Crippen LogP contribution in [-0.4, -0.2) is 24.6 Å². The number of methoxy groups -OCH3 is 1. The summed E-state index contributed by atoms with van der Waals surface area (Å²) in [5.41, 5.74) is 0.691. The first-order valence-electron chi connectivity index (χ1n) is 6.00. The lowest BCUT2D eigenvalue weighted by molar-refractivity contribution is -0.134. The second-order valence-corrected chi connectivity index (χ2v) is 5.72. The van der Waals surface area contributed by atoms with Gasteiger partial charge >= 0.3 is 0 Å². The Morgan fingerprint density at radius 1 is 1.61 bits per heavy atom. The van der Waals surface area contributed by atoms with Gasteiger partial charge in [-0.05, 0) is 47.3 Å². The Labute approximate surface area is 115 Å². The number of pyridine rings is 1. The summed E-state index contributed by atoms with van der Waals surface area (Å²) in [5, 5.41) is 2.89. The van der Waals surface area contributed by atoms with E-state index < -0.39 is 0 Å². The molecule has 0 radical (unpaired) electrons. The summed E-state index contributed by atoms with van der Waals surface area (Å²) in [6, 6.07) is 1.94. The first kappa shape index (κ1) is 13.5. The average Bonchev–Trinajstić information content (AvgIpc) is 2.27. The summed E-state index contributed by atoms with van der Waals surface area (Å²) in [4.78, 5) is 16.5. The monoisotopic (exact) mass is 312 g/mol. The highest BCUT2D eigenvalue weighted by Gasteiger charge is 2.44. The van der Waals surface area contributed by atoms with Gasteiger partial charge in [0, 0.05) is 13.3 Å². The summed E-state index contributed by atoms with van der Waals surface area (Å²) >= 11 is 3.41. The number of halogens is 1. The van der Waals surface area contributed by atoms with E-state index in [0.29, 0.717) is 12.4 Å². The molecule has 1 aromatic heterocycles. The lowest BCUT2D eigenvalue weighted by Gasteiger charge is -2.39. The zero-order valence-corrected chi connectivity index (χ0v) is 12.2. The number of rotatable bonds is 4. The van der Waals surface area contributed by atoms with Crippen LogP contribution in [0.1, 0.15) is 24.8 Å². The minimum atomic E-state index is -0.360. The SMILES string of the molecule is COCC1(C(=O)Nc2ncc(C)cc2Br)CCC1. The number of nitrogens with zero attached hydrogens (tertiary/aromatic N) is 1. The molecule has 0 saturated heterocycles. The van der Waals surface area contributed by atoms with Gasteiger partial charge in [0.05, 0.1) is 16.5 Å². The van der Waals surface area contributed by atoms with E-state index in [0.717, 1.165) is 29.3 Å². The van der Waals surface area contributed by atoms with Crippen molar-refractivity contribution in [1.29, 1.82) is 0 Å². The summed E-state index contributed by atoms with van der Waals surface area (Å²) < 4.78 is 5.97. The summed E-state index contributed by atoms with van der Waals surface area (Å²) in [6.07, 6.45) is 4.59. The van der Waals surface area contributed by atoms with Crippen molar-refractivity contribution in [2.75, 3.05) is 19.0 Å². The first-order valence-corrected chi connectivity index (χ1v) is 6.79.